The monoisotopic (exact) mass is 355 g/mol. The zero-order valence-electron chi connectivity index (χ0n) is 14.5. The minimum Gasteiger partial charge on any atom is -0.493 e. The van der Waals surface area contributed by atoms with Gasteiger partial charge >= 0.3 is 0 Å². The van der Waals surface area contributed by atoms with Crippen LogP contribution in [0.2, 0.25) is 0 Å². The lowest BCUT2D eigenvalue weighted by Crippen LogP contribution is -2.46. The standard InChI is InChI=1S/C21H22FNO3/c22-14-3-1-13(2-4-14)17-9-15-5-7-19(23-15)18(17)11-24-16-6-8-20-21(10-16)26-12-25-20/h1-4,6,8,10,15,17-19,23H,5,7,9,11-12H2/t15-,17+,18+,19+/m1/s1. The first kappa shape index (κ1) is 15.9. The smallest absolute Gasteiger partial charge is 0.231 e. The fourth-order valence-electron chi connectivity index (χ4n) is 4.62. The van der Waals surface area contributed by atoms with Gasteiger partial charge < -0.3 is 19.5 Å². The Labute approximate surface area is 152 Å². The van der Waals surface area contributed by atoms with Crippen molar-refractivity contribution in [3.05, 3.63) is 53.8 Å². The molecular formula is C21H22FNO3. The van der Waals surface area contributed by atoms with Gasteiger partial charge in [-0.3, -0.25) is 0 Å². The van der Waals surface area contributed by atoms with E-state index in [-0.39, 0.29) is 12.6 Å². The summed E-state index contributed by atoms with van der Waals surface area (Å²) in [6.07, 6.45) is 3.47. The third-order valence-corrected chi connectivity index (χ3v) is 5.93. The normalized spacial score (nSPS) is 29.0. The molecule has 3 aliphatic rings. The van der Waals surface area contributed by atoms with Crippen LogP contribution in [0.5, 0.6) is 17.2 Å². The number of nitrogens with one attached hydrogen (secondary N) is 1. The molecule has 0 saturated carbocycles. The number of hydrogen-bond donors (Lipinski definition) is 1. The topological polar surface area (TPSA) is 39.7 Å². The van der Waals surface area contributed by atoms with Crippen molar-refractivity contribution in [2.24, 2.45) is 5.92 Å². The van der Waals surface area contributed by atoms with Crippen LogP contribution in [0.25, 0.3) is 0 Å². The van der Waals surface area contributed by atoms with Gasteiger partial charge in [0.05, 0.1) is 6.61 Å². The number of hydrogen-bond acceptors (Lipinski definition) is 4. The zero-order chi connectivity index (χ0) is 17.5. The molecule has 0 amide bonds. The first-order valence-corrected chi connectivity index (χ1v) is 9.30. The van der Waals surface area contributed by atoms with Gasteiger partial charge in [-0.1, -0.05) is 12.1 Å². The minimum atomic E-state index is -0.182. The molecule has 2 aromatic carbocycles. The van der Waals surface area contributed by atoms with E-state index in [0.29, 0.717) is 30.5 Å². The maximum Gasteiger partial charge on any atom is 0.231 e. The predicted octanol–water partition coefficient (Wildman–Crippen LogP) is 3.86. The summed E-state index contributed by atoms with van der Waals surface area (Å²) in [5, 5.41) is 3.73. The van der Waals surface area contributed by atoms with E-state index in [4.69, 9.17) is 14.2 Å². The Morgan fingerprint density at radius 1 is 1.04 bits per heavy atom. The molecule has 3 heterocycles. The summed E-state index contributed by atoms with van der Waals surface area (Å²) in [7, 11) is 0. The molecule has 0 spiro atoms. The maximum atomic E-state index is 13.3. The zero-order valence-corrected chi connectivity index (χ0v) is 14.5. The van der Waals surface area contributed by atoms with Crippen LogP contribution in [0.15, 0.2) is 42.5 Å². The Morgan fingerprint density at radius 2 is 1.88 bits per heavy atom. The molecule has 0 unspecified atom stereocenters. The summed E-state index contributed by atoms with van der Waals surface area (Å²) in [5.41, 5.74) is 1.21. The van der Waals surface area contributed by atoms with E-state index in [9.17, 15) is 4.39 Å². The van der Waals surface area contributed by atoms with E-state index in [1.165, 1.54) is 18.4 Å². The molecule has 3 aliphatic heterocycles. The summed E-state index contributed by atoms with van der Waals surface area (Å²) in [4.78, 5) is 0. The van der Waals surface area contributed by atoms with E-state index in [1.807, 2.05) is 30.3 Å². The SMILES string of the molecule is Fc1ccc([C@@H]2C[C@H]3CC[C@H](N3)[C@H]2COc2ccc3c(c2)OCO3)cc1. The number of piperidine rings is 1. The Kier molecular flexibility index (Phi) is 3.97. The molecule has 136 valence electrons. The van der Waals surface area contributed by atoms with Gasteiger partial charge in [0, 0.05) is 24.1 Å². The number of halogens is 1. The maximum absolute atomic E-state index is 13.3. The highest BCUT2D eigenvalue weighted by atomic mass is 19.1. The van der Waals surface area contributed by atoms with Crippen molar-refractivity contribution in [3.8, 4) is 17.2 Å². The minimum absolute atomic E-state index is 0.182. The van der Waals surface area contributed by atoms with Gasteiger partial charge in [0.15, 0.2) is 11.5 Å². The quantitative estimate of drug-likeness (QED) is 0.904. The van der Waals surface area contributed by atoms with E-state index in [2.05, 4.69) is 5.32 Å². The van der Waals surface area contributed by atoms with Crippen LogP contribution in [0.3, 0.4) is 0 Å². The molecule has 0 aliphatic carbocycles. The highest BCUT2D eigenvalue weighted by Crippen LogP contribution is 2.42. The summed E-state index contributed by atoms with van der Waals surface area (Å²) < 4.78 is 30.3. The molecule has 26 heavy (non-hydrogen) atoms. The lowest BCUT2D eigenvalue weighted by atomic mass is 9.77. The predicted molar refractivity (Wildman–Crippen MR) is 95.3 cm³/mol. The van der Waals surface area contributed by atoms with E-state index >= 15 is 0 Å². The van der Waals surface area contributed by atoms with Gasteiger partial charge in [0.25, 0.3) is 0 Å². The first-order valence-electron chi connectivity index (χ1n) is 9.30. The van der Waals surface area contributed by atoms with Crippen LogP contribution >= 0.6 is 0 Å². The van der Waals surface area contributed by atoms with Crippen molar-refractivity contribution in [1.82, 2.24) is 5.32 Å². The van der Waals surface area contributed by atoms with Gasteiger partial charge in [0.2, 0.25) is 6.79 Å². The van der Waals surface area contributed by atoms with Crippen LogP contribution < -0.4 is 19.5 Å². The summed E-state index contributed by atoms with van der Waals surface area (Å²) in [6.45, 7) is 0.896. The van der Waals surface area contributed by atoms with Crippen LogP contribution in [-0.4, -0.2) is 25.5 Å². The summed E-state index contributed by atoms with van der Waals surface area (Å²) in [6, 6.07) is 13.7. The molecule has 0 radical (unpaired) electrons. The number of rotatable bonds is 4. The summed E-state index contributed by atoms with van der Waals surface area (Å²) >= 11 is 0. The van der Waals surface area contributed by atoms with Crippen LogP contribution in [0.1, 0.15) is 30.7 Å². The Bertz CT molecular complexity index is 794. The molecule has 2 fully saturated rings. The second-order valence-electron chi connectivity index (χ2n) is 7.43. The van der Waals surface area contributed by atoms with Crippen molar-refractivity contribution in [1.29, 1.82) is 0 Å². The van der Waals surface area contributed by atoms with Crippen LogP contribution in [-0.2, 0) is 0 Å². The lowest BCUT2D eigenvalue weighted by Gasteiger charge is -2.38. The molecule has 5 rings (SSSR count). The third-order valence-electron chi connectivity index (χ3n) is 5.93. The van der Waals surface area contributed by atoms with Crippen molar-refractivity contribution in [2.75, 3.05) is 13.4 Å². The Hall–Kier alpha value is -2.27. The lowest BCUT2D eigenvalue weighted by molar-refractivity contribution is 0.158. The van der Waals surface area contributed by atoms with Crippen molar-refractivity contribution < 1.29 is 18.6 Å². The average Bonchev–Trinajstić information content (AvgIpc) is 3.28. The highest BCUT2D eigenvalue weighted by Gasteiger charge is 2.42. The van der Waals surface area contributed by atoms with Crippen molar-refractivity contribution >= 4 is 0 Å². The van der Waals surface area contributed by atoms with Crippen molar-refractivity contribution in [2.45, 2.75) is 37.3 Å². The highest BCUT2D eigenvalue weighted by molar-refractivity contribution is 5.46. The third kappa shape index (κ3) is 2.90. The molecule has 4 atom stereocenters. The van der Waals surface area contributed by atoms with Gasteiger partial charge in [-0.2, -0.15) is 0 Å². The van der Waals surface area contributed by atoms with Gasteiger partial charge in [-0.25, -0.2) is 4.39 Å². The molecule has 2 aromatic rings. The van der Waals surface area contributed by atoms with Gasteiger partial charge in [0.1, 0.15) is 11.6 Å². The second-order valence-corrected chi connectivity index (χ2v) is 7.43. The molecule has 1 N–H and O–H groups in total. The Balaban J connectivity index is 1.35. The van der Waals surface area contributed by atoms with E-state index in [1.54, 1.807) is 12.1 Å². The number of benzene rings is 2. The molecule has 2 saturated heterocycles. The number of fused-ring (bicyclic) bond motifs is 3. The van der Waals surface area contributed by atoms with Gasteiger partial charge in [-0.15, -0.1) is 0 Å². The average molecular weight is 355 g/mol. The van der Waals surface area contributed by atoms with Gasteiger partial charge in [-0.05, 0) is 55.0 Å². The molecular weight excluding hydrogens is 333 g/mol. The first-order chi connectivity index (χ1) is 12.8. The number of ether oxygens (including phenoxy) is 3. The fraction of sp³-hybridized carbons (Fsp3) is 0.429. The van der Waals surface area contributed by atoms with E-state index in [0.717, 1.165) is 23.7 Å². The molecule has 2 bridgehead atoms. The molecule has 4 nitrogen and oxygen atoms in total. The van der Waals surface area contributed by atoms with E-state index < -0.39 is 0 Å². The molecule has 5 heteroatoms. The van der Waals surface area contributed by atoms with Crippen LogP contribution in [0, 0.1) is 11.7 Å². The van der Waals surface area contributed by atoms with Crippen LogP contribution in [0.4, 0.5) is 4.39 Å². The summed E-state index contributed by atoms with van der Waals surface area (Å²) in [5.74, 6) is 2.87. The fourth-order valence-corrected chi connectivity index (χ4v) is 4.62. The second kappa shape index (κ2) is 6.47. The largest absolute Gasteiger partial charge is 0.493 e. The van der Waals surface area contributed by atoms with Crippen molar-refractivity contribution in [3.63, 3.8) is 0 Å². The Morgan fingerprint density at radius 3 is 2.77 bits per heavy atom. The molecule has 0 aromatic heterocycles.